The fourth-order valence-corrected chi connectivity index (χ4v) is 5.37. The summed E-state index contributed by atoms with van der Waals surface area (Å²) in [7, 11) is 3.79. The van der Waals surface area contributed by atoms with Crippen LogP contribution in [0.1, 0.15) is 28.7 Å². The molecule has 0 spiro atoms. The van der Waals surface area contributed by atoms with E-state index in [4.69, 9.17) is 4.74 Å². The molecule has 45 heavy (non-hydrogen) atoms. The lowest BCUT2D eigenvalue weighted by Crippen LogP contribution is -2.56. The first-order valence-electron chi connectivity index (χ1n) is 14.8. The first-order chi connectivity index (χ1) is 21.3. The Morgan fingerprint density at radius 3 is 2.24 bits per heavy atom. The molecule has 11 heteroatoms. The Bertz CT molecular complexity index is 1460. The molecule has 1 fully saturated rings. The van der Waals surface area contributed by atoms with Crippen molar-refractivity contribution in [3.05, 3.63) is 95.1 Å². The number of rotatable bonds is 12. The number of nitrogens with one attached hydrogen (secondary N) is 2. The van der Waals surface area contributed by atoms with Crippen LogP contribution in [0.2, 0.25) is 0 Å². The van der Waals surface area contributed by atoms with Crippen LogP contribution in [0.3, 0.4) is 0 Å². The molecule has 0 saturated carbocycles. The van der Waals surface area contributed by atoms with Crippen molar-refractivity contribution in [3.63, 3.8) is 0 Å². The van der Waals surface area contributed by atoms with E-state index in [9.17, 15) is 28.3 Å². The number of aliphatic hydroxyl groups excluding tert-OH is 1. The van der Waals surface area contributed by atoms with Gasteiger partial charge in [0.2, 0.25) is 5.91 Å². The van der Waals surface area contributed by atoms with Crippen molar-refractivity contribution in [2.45, 2.75) is 57.3 Å². The topological polar surface area (TPSA) is 111 Å². The molecule has 1 heterocycles. The summed E-state index contributed by atoms with van der Waals surface area (Å²) in [6.07, 6.45) is -2.75. The lowest BCUT2D eigenvalue weighted by molar-refractivity contribution is -0.147. The molecule has 9 nitrogen and oxygen atoms in total. The van der Waals surface area contributed by atoms with Crippen molar-refractivity contribution in [1.82, 2.24) is 15.5 Å². The maximum Gasteiger partial charge on any atom is 0.267 e. The predicted octanol–water partition coefficient (Wildman–Crippen LogP) is 3.39. The van der Waals surface area contributed by atoms with E-state index in [1.54, 1.807) is 30.3 Å². The van der Waals surface area contributed by atoms with Crippen molar-refractivity contribution in [1.29, 1.82) is 0 Å². The van der Waals surface area contributed by atoms with Crippen molar-refractivity contribution >= 4 is 23.4 Å². The molecule has 1 aliphatic heterocycles. The number of ether oxygens (including phenoxy) is 1. The van der Waals surface area contributed by atoms with E-state index >= 15 is 0 Å². The Kier molecular flexibility index (Phi) is 10.8. The van der Waals surface area contributed by atoms with E-state index < -0.39 is 54.8 Å². The molecule has 0 aliphatic carbocycles. The lowest BCUT2D eigenvalue weighted by atomic mass is 9.99. The molecular weight excluding hydrogens is 582 g/mol. The van der Waals surface area contributed by atoms with Crippen LogP contribution in [0.25, 0.3) is 0 Å². The van der Waals surface area contributed by atoms with Crippen LogP contribution in [0.5, 0.6) is 5.75 Å². The number of hydrogen-bond donors (Lipinski definition) is 3. The highest BCUT2D eigenvalue weighted by Crippen LogP contribution is 2.33. The highest BCUT2D eigenvalue weighted by molar-refractivity contribution is 5.91. The molecule has 0 radical (unpaired) electrons. The Balaban J connectivity index is 1.47. The predicted molar refractivity (Wildman–Crippen MR) is 167 cm³/mol. The molecule has 3 N–H and O–H groups in total. The number of likely N-dealkylation sites (tertiary alicyclic amines) is 1. The van der Waals surface area contributed by atoms with Gasteiger partial charge in [-0.3, -0.25) is 14.4 Å². The van der Waals surface area contributed by atoms with E-state index in [0.717, 1.165) is 22.4 Å². The van der Waals surface area contributed by atoms with Crippen molar-refractivity contribution in [2.24, 2.45) is 0 Å². The maximum atomic E-state index is 14.7. The summed E-state index contributed by atoms with van der Waals surface area (Å²) in [5.41, 5.74) is 4.09. The van der Waals surface area contributed by atoms with Gasteiger partial charge in [-0.15, -0.1) is 0 Å². The van der Waals surface area contributed by atoms with Gasteiger partial charge < -0.3 is 30.3 Å². The summed E-state index contributed by atoms with van der Waals surface area (Å²) in [6.45, 7) is 2.35. The molecule has 3 aromatic carbocycles. The van der Waals surface area contributed by atoms with Gasteiger partial charge in [0.05, 0.1) is 12.6 Å². The summed E-state index contributed by atoms with van der Waals surface area (Å²) in [5.74, 6) is -5.21. The Hall–Kier alpha value is -4.51. The molecule has 1 saturated heterocycles. The Labute approximate surface area is 262 Å². The highest BCUT2D eigenvalue weighted by Gasteiger charge is 2.51. The zero-order chi connectivity index (χ0) is 32.7. The van der Waals surface area contributed by atoms with E-state index in [1.807, 2.05) is 75.3 Å². The first-order valence-corrected chi connectivity index (χ1v) is 14.8. The molecular formula is C34H40F2N4O5. The third kappa shape index (κ3) is 8.78. The lowest BCUT2D eigenvalue weighted by Gasteiger charge is -2.30. The van der Waals surface area contributed by atoms with Crippen molar-refractivity contribution < 1.29 is 33.0 Å². The number of nitrogens with zero attached hydrogens (tertiary/aromatic N) is 2. The molecule has 1 aliphatic rings. The van der Waals surface area contributed by atoms with Gasteiger partial charge in [0, 0.05) is 32.7 Å². The standard InChI is InChI=1S/C34H40F2N4O5/c1-22-9-8-10-23(2)31(22)45-20-29(41)38-27(17-24-11-6-5-7-12-24)30(42)33(44)40-21-34(35,36)18-28(40)32(43)37-19-25-13-15-26(16-14-25)39(3)4/h5-16,27-28,30,42H,17-21H2,1-4H3,(H,37,43)(H,38,41). The molecule has 3 amide bonds. The van der Waals surface area contributed by atoms with Crippen molar-refractivity contribution in [2.75, 3.05) is 32.1 Å². The molecule has 3 atom stereocenters. The number of anilines is 1. The van der Waals surface area contributed by atoms with Gasteiger partial charge in [-0.05, 0) is 54.7 Å². The number of halogens is 2. The number of carbonyl (C=O) groups is 3. The minimum atomic E-state index is -3.33. The summed E-state index contributed by atoms with van der Waals surface area (Å²) < 4.78 is 35.0. The zero-order valence-corrected chi connectivity index (χ0v) is 25.9. The number of aryl methyl sites for hydroxylation is 2. The molecule has 3 unspecified atom stereocenters. The largest absolute Gasteiger partial charge is 0.483 e. The maximum absolute atomic E-state index is 14.7. The summed E-state index contributed by atoms with van der Waals surface area (Å²) in [5, 5.41) is 16.5. The molecule has 4 rings (SSSR count). The minimum absolute atomic E-state index is 0.0346. The average Bonchev–Trinajstić information content (AvgIpc) is 3.34. The number of amides is 3. The van der Waals surface area contributed by atoms with E-state index in [-0.39, 0.29) is 19.6 Å². The van der Waals surface area contributed by atoms with Crippen LogP contribution in [0, 0.1) is 13.8 Å². The second kappa shape index (κ2) is 14.5. The number of aliphatic hydroxyl groups is 1. The van der Waals surface area contributed by atoms with Crippen LogP contribution in [-0.2, 0) is 27.3 Å². The van der Waals surface area contributed by atoms with Crippen LogP contribution in [0.4, 0.5) is 14.5 Å². The fourth-order valence-electron chi connectivity index (χ4n) is 5.37. The van der Waals surface area contributed by atoms with Gasteiger partial charge in [-0.2, -0.15) is 0 Å². The number of hydrogen-bond acceptors (Lipinski definition) is 6. The molecule has 240 valence electrons. The summed E-state index contributed by atoms with van der Waals surface area (Å²) >= 11 is 0. The molecule has 0 bridgehead atoms. The number of alkyl halides is 2. The van der Waals surface area contributed by atoms with Crippen molar-refractivity contribution in [3.8, 4) is 5.75 Å². The van der Waals surface area contributed by atoms with E-state index in [2.05, 4.69) is 10.6 Å². The number of para-hydroxylation sites is 1. The average molecular weight is 623 g/mol. The minimum Gasteiger partial charge on any atom is -0.483 e. The Morgan fingerprint density at radius 2 is 1.62 bits per heavy atom. The number of benzene rings is 3. The molecule has 0 aromatic heterocycles. The van der Waals surface area contributed by atoms with Gasteiger partial charge in [0.25, 0.3) is 17.7 Å². The third-order valence-corrected chi connectivity index (χ3v) is 7.81. The SMILES string of the molecule is Cc1cccc(C)c1OCC(=O)NC(Cc1ccccc1)C(O)C(=O)N1CC(F)(F)CC1C(=O)NCc1ccc(N(C)C)cc1. The monoisotopic (exact) mass is 622 g/mol. The second-order valence-corrected chi connectivity index (χ2v) is 11.6. The van der Waals surface area contributed by atoms with Gasteiger partial charge in [-0.1, -0.05) is 60.7 Å². The molecule has 3 aromatic rings. The zero-order valence-electron chi connectivity index (χ0n) is 25.9. The van der Waals surface area contributed by atoms with E-state index in [0.29, 0.717) is 16.2 Å². The van der Waals surface area contributed by atoms with Gasteiger partial charge >= 0.3 is 0 Å². The van der Waals surface area contributed by atoms with Gasteiger partial charge in [-0.25, -0.2) is 8.78 Å². The van der Waals surface area contributed by atoms with Crippen LogP contribution < -0.4 is 20.3 Å². The van der Waals surface area contributed by atoms with Crippen LogP contribution in [0.15, 0.2) is 72.8 Å². The van der Waals surface area contributed by atoms with Gasteiger partial charge in [0.15, 0.2) is 12.7 Å². The summed E-state index contributed by atoms with van der Waals surface area (Å²) in [6, 6.07) is 19.1. The fraction of sp³-hybridized carbons (Fsp3) is 0.382. The number of carbonyl (C=O) groups excluding carboxylic acids is 3. The first kappa shape index (κ1) is 33.4. The van der Waals surface area contributed by atoms with Crippen LogP contribution in [-0.4, -0.2) is 79.1 Å². The van der Waals surface area contributed by atoms with E-state index in [1.165, 1.54) is 0 Å². The Morgan fingerprint density at radius 1 is 0.978 bits per heavy atom. The highest BCUT2D eigenvalue weighted by atomic mass is 19.3. The quantitative estimate of drug-likeness (QED) is 0.286. The van der Waals surface area contributed by atoms with Crippen LogP contribution >= 0.6 is 0 Å². The normalized spacial score (nSPS) is 16.9. The summed E-state index contributed by atoms with van der Waals surface area (Å²) in [4.78, 5) is 42.3. The van der Waals surface area contributed by atoms with Gasteiger partial charge in [0.1, 0.15) is 11.8 Å². The second-order valence-electron chi connectivity index (χ2n) is 11.6. The third-order valence-electron chi connectivity index (χ3n) is 7.81. The smallest absolute Gasteiger partial charge is 0.267 e.